The summed E-state index contributed by atoms with van der Waals surface area (Å²) in [5, 5.41) is 9.59. The number of esters is 1. The monoisotopic (exact) mass is 403 g/mol. The zero-order valence-electron chi connectivity index (χ0n) is 17.3. The molecule has 0 radical (unpaired) electrons. The largest absolute Gasteiger partial charge is 0.492 e. The third kappa shape index (κ3) is 1.85. The van der Waals surface area contributed by atoms with E-state index in [1.54, 1.807) is 0 Å². The maximum absolute atomic E-state index is 12.2. The second-order valence-electron chi connectivity index (χ2n) is 9.43. The number of allylic oxidation sites excluding steroid dienone is 1. The van der Waals surface area contributed by atoms with Gasteiger partial charge >= 0.3 is 5.97 Å². The smallest absolute Gasteiger partial charge is 0.345 e. The molecule has 1 N–H and O–H groups in total. The maximum atomic E-state index is 12.2. The topological polar surface area (TPSA) is 77.5 Å². The van der Waals surface area contributed by atoms with Gasteiger partial charge in [-0.05, 0) is 25.8 Å². The van der Waals surface area contributed by atoms with Crippen LogP contribution in [0.2, 0.25) is 0 Å². The van der Waals surface area contributed by atoms with Crippen molar-refractivity contribution in [3.8, 4) is 0 Å². The van der Waals surface area contributed by atoms with Crippen LogP contribution < -0.4 is 0 Å². The highest BCUT2D eigenvalue weighted by molar-refractivity contribution is 5.94. The van der Waals surface area contributed by atoms with Gasteiger partial charge in [0.25, 0.3) is 0 Å². The molecule has 5 saturated heterocycles. The van der Waals surface area contributed by atoms with Crippen LogP contribution >= 0.6 is 0 Å². The highest BCUT2D eigenvalue weighted by Gasteiger charge is 2.84. The van der Waals surface area contributed by atoms with Gasteiger partial charge in [0.1, 0.15) is 11.3 Å². The Morgan fingerprint density at radius 1 is 1.38 bits per heavy atom. The summed E-state index contributed by atoms with van der Waals surface area (Å²) in [6, 6.07) is 0.446. The average molecular weight is 403 g/mol. The number of carbonyl (C=O) groups excluding carboxylic acids is 1. The first-order valence-corrected chi connectivity index (χ1v) is 11.0. The molecule has 6 rings (SSSR count). The molecular formula is C22H29NO6. The lowest BCUT2D eigenvalue weighted by Gasteiger charge is -2.48. The zero-order valence-corrected chi connectivity index (χ0v) is 17.3. The molecule has 6 aliphatic rings. The van der Waals surface area contributed by atoms with Gasteiger partial charge in [0, 0.05) is 17.9 Å². The van der Waals surface area contributed by atoms with Crippen LogP contribution in [0.25, 0.3) is 0 Å². The lowest BCUT2D eigenvalue weighted by molar-refractivity contribution is -0.256. The number of aliphatic hydroxyl groups excluding tert-OH is 1. The predicted octanol–water partition coefficient (Wildman–Crippen LogP) is 2.06. The Morgan fingerprint density at radius 2 is 2.21 bits per heavy atom. The molecule has 8 atom stereocenters. The van der Waals surface area contributed by atoms with Crippen molar-refractivity contribution in [1.29, 1.82) is 0 Å². The summed E-state index contributed by atoms with van der Waals surface area (Å²) in [7, 11) is 1.49. The molecule has 29 heavy (non-hydrogen) atoms. The fourth-order valence-electron chi connectivity index (χ4n) is 7.69. The number of piperidine rings is 1. The van der Waals surface area contributed by atoms with Crippen LogP contribution in [-0.2, 0) is 23.7 Å². The van der Waals surface area contributed by atoms with Gasteiger partial charge in [-0.15, -0.1) is 0 Å². The summed E-state index contributed by atoms with van der Waals surface area (Å²) in [4.78, 5) is 15.0. The van der Waals surface area contributed by atoms with Gasteiger partial charge in [0.15, 0.2) is 5.76 Å². The first kappa shape index (κ1) is 18.2. The highest BCUT2D eigenvalue weighted by atomic mass is 16.7. The fourth-order valence-corrected chi connectivity index (χ4v) is 7.69. The highest BCUT2D eigenvalue weighted by Crippen LogP contribution is 2.73. The van der Waals surface area contributed by atoms with E-state index in [0.717, 1.165) is 19.4 Å². The maximum Gasteiger partial charge on any atom is 0.345 e. The summed E-state index contributed by atoms with van der Waals surface area (Å²) in [6.07, 6.45) is 5.95. The molecule has 1 unspecified atom stereocenters. The Labute approximate surface area is 170 Å². The van der Waals surface area contributed by atoms with Gasteiger partial charge in [0.2, 0.25) is 11.5 Å². The van der Waals surface area contributed by atoms with Crippen LogP contribution in [0.5, 0.6) is 0 Å². The number of hydrogen-bond donors (Lipinski definition) is 1. The van der Waals surface area contributed by atoms with Crippen molar-refractivity contribution in [2.45, 2.75) is 69.4 Å². The number of unbranched alkanes of at least 4 members (excludes halogenated alkanes) is 1. The standard InChI is InChI=1S/C22H29NO6/c1-4-5-7-21-14-6-8-23(21)13-9-15(21)28-22(14)16(13)11(2)17(29-22)19-18(26-3)12(10-24)20(25)27-19/h11,13-16,24H,4-10H2,1-3H3/b19-17+/t11-,13-,14+,15-,16+,21-,22+/m0/s1. The third-order valence-electron chi connectivity index (χ3n) is 8.56. The van der Waals surface area contributed by atoms with Crippen LogP contribution in [0, 0.1) is 17.8 Å². The number of rotatable bonds is 5. The summed E-state index contributed by atoms with van der Waals surface area (Å²) >= 11 is 0. The van der Waals surface area contributed by atoms with Crippen molar-refractivity contribution >= 4 is 5.97 Å². The average Bonchev–Trinajstić information content (AvgIpc) is 3.42. The number of aliphatic hydroxyl groups is 1. The summed E-state index contributed by atoms with van der Waals surface area (Å²) in [5.74, 6) is 0.712. The zero-order chi connectivity index (χ0) is 20.1. The van der Waals surface area contributed by atoms with Gasteiger partial charge in [-0.1, -0.05) is 26.7 Å². The van der Waals surface area contributed by atoms with Crippen LogP contribution in [0.1, 0.15) is 46.0 Å². The minimum absolute atomic E-state index is 0.0531. The molecule has 5 bridgehead atoms. The molecule has 0 aromatic carbocycles. The van der Waals surface area contributed by atoms with E-state index < -0.39 is 18.4 Å². The molecule has 1 spiro atoms. The Hall–Kier alpha value is -1.57. The van der Waals surface area contributed by atoms with Crippen LogP contribution in [0.15, 0.2) is 22.9 Å². The van der Waals surface area contributed by atoms with Gasteiger partial charge in [-0.2, -0.15) is 0 Å². The van der Waals surface area contributed by atoms with Gasteiger partial charge in [-0.3, -0.25) is 4.90 Å². The molecule has 0 aromatic heterocycles. The van der Waals surface area contributed by atoms with E-state index in [-0.39, 0.29) is 29.1 Å². The van der Waals surface area contributed by atoms with Crippen molar-refractivity contribution in [2.24, 2.45) is 17.8 Å². The Bertz CT molecular complexity index is 850. The minimum atomic E-state index is -0.622. The molecule has 7 nitrogen and oxygen atoms in total. The summed E-state index contributed by atoms with van der Waals surface area (Å²) in [6.45, 7) is 5.11. The van der Waals surface area contributed by atoms with Crippen molar-refractivity contribution < 1.29 is 28.8 Å². The normalized spacial score (nSPS) is 51.1. The van der Waals surface area contributed by atoms with Crippen LogP contribution in [0.4, 0.5) is 0 Å². The molecule has 6 aliphatic heterocycles. The van der Waals surface area contributed by atoms with E-state index in [4.69, 9.17) is 18.9 Å². The molecule has 0 aliphatic carbocycles. The van der Waals surface area contributed by atoms with E-state index in [0.29, 0.717) is 29.2 Å². The lowest BCUT2D eigenvalue weighted by atomic mass is 9.69. The number of fused-ring (bicyclic) bond motifs is 1. The Morgan fingerprint density at radius 3 is 2.93 bits per heavy atom. The van der Waals surface area contributed by atoms with E-state index >= 15 is 0 Å². The van der Waals surface area contributed by atoms with E-state index in [2.05, 4.69) is 18.7 Å². The number of carbonyl (C=O) groups is 1. The molecular weight excluding hydrogens is 374 g/mol. The third-order valence-corrected chi connectivity index (χ3v) is 8.56. The molecule has 0 amide bonds. The van der Waals surface area contributed by atoms with E-state index in [1.165, 1.54) is 26.4 Å². The summed E-state index contributed by atoms with van der Waals surface area (Å²) in [5.41, 5.74) is 0.261. The van der Waals surface area contributed by atoms with Crippen LogP contribution in [0.3, 0.4) is 0 Å². The Kier molecular flexibility index (Phi) is 3.62. The van der Waals surface area contributed by atoms with Crippen molar-refractivity contribution in [1.82, 2.24) is 4.90 Å². The minimum Gasteiger partial charge on any atom is -0.492 e. The predicted molar refractivity (Wildman–Crippen MR) is 101 cm³/mol. The number of methoxy groups -OCH3 is 1. The molecule has 7 heteroatoms. The van der Waals surface area contributed by atoms with Gasteiger partial charge < -0.3 is 24.1 Å². The molecule has 5 fully saturated rings. The lowest BCUT2D eigenvalue weighted by Crippen LogP contribution is -2.61. The quantitative estimate of drug-likeness (QED) is 0.704. The number of hydrogen-bond acceptors (Lipinski definition) is 7. The first-order chi connectivity index (χ1) is 14.0. The van der Waals surface area contributed by atoms with Crippen molar-refractivity contribution in [2.75, 3.05) is 20.3 Å². The fraction of sp³-hybridized carbons (Fsp3) is 0.773. The number of cyclic esters (lactones) is 1. The van der Waals surface area contributed by atoms with Gasteiger partial charge in [-0.25, -0.2) is 4.79 Å². The van der Waals surface area contributed by atoms with E-state index in [1.807, 2.05) is 0 Å². The second kappa shape index (κ2) is 5.77. The summed E-state index contributed by atoms with van der Waals surface area (Å²) < 4.78 is 24.5. The van der Waals surface area contributed by atoms with Gasteiger partial charge in [0.05, 0.1) is 31.3 Å². The molecule has 6 heterocycles. The number of ether oxygens (including phenoxy) is 4. The first-order valence-electron chi connectivity index (χ1n) is 11.0. The van der Waals surface area contributed by atoms with E-state index in [9.17, 15) is 9.90 Å². The molecule has 158 valence electrons. The Balaban J connectivity index is 1.46. The van der Waals surface area contributed by atoms with Crippen molar-refractivity contribution in [3.05, 3.63) is 22.9 Å². The molecule has 0 aromatic rings. The van der Waals surface area contributed by atoms with Crippen LogP contribution in [-0.4, -0.2) is 59.7 Å². The van der Waals surface area contributed by atoms with Crippen molar-refractivity contribution in [3.63, 3.8) is 0 Å². The second-order valence-corrected chi connectivity index (χ2v) is 9.43. The molecule has 0 saturated carbocycles. The SMILES string of the molecule is CCCC[C@@]12[C@@H]3C[C@H]4[C@H]5[C@H](C)/C(=C6\OC(=O)C(CO)=C6OC)O[C@]5(O3)[C@@H]1CCN42. The number of nitrogens with zero attached hydrogens (tertiary/aromatic N) is 1.